The summed E-state index contributed by atoms with van der Waals surface area (Å²) < 4.78 is 0. The molecule has 2 unspecified atom stereocenters. The van der Waals surface area contributed by atoms with Crippen LogP contribution in [0.2, 0.25) is 0 Å². The molecule has 0 aliphatic rings. The van der Waals surface area contributed by atoms with Crippen molar-refractivity contribution < 1.29 is 9.90 Å². The van der Waals surface area contributed by atoms with Gasteiger partial charge in [-0.15, -0.1) is 0 Å². The van der Waals surface area contributed by atoms with E-state index in [0.29, 0.717) is 5.92 Å². The molecule has 0 saturated heterocycles. The van der Waals surface area contributed by atoms with Crippen molar-refractivity contribution in [1.82, 2.24) is 5.32 Å². The largest absolute Gasteiger partial charge is 0.481 e. The van der Waals surface area contributed by atoms with E-state index in [-0.39, 0.29) is 12.5 Å². The Labute approximate surface area is 116 Å². The molecule has 0 spiro atoms. The molecule has 106 valence electrons. The van der Waals surface area contributed by atoms with Crippen molar-refractivity contribution in [2.45, 2.75) is 52.1 Å². The Morgan fingerprint density at radius 2 is 1.95 bits per heavy atom. The van der Waals surface area contributed by atoms with Gasteiger partial charge in [0.2, 0.25) is 0 Å². The van der Waals surface area contributed by atoms with E-state index in [1.807, 2.05) is 18.2 Å². The van der Waals surface area contributed by atoms with E-state index in [4.69, 9.17) is 5.11 Å². The number of hydrogen-bond acceptors (Lipinski definition) is 2. The molecule has 0 radical (unpaired) electrons. The third-order valence-electron chi connectivity index (χ3n) is 3.56. The van der Waals surface area contributed by atoms with E-state index < -0.39 is 5.97 Å². The average Bonchev–Trinajstić information content (AvgIpc) is 2.42. The summed E-state index contributed by atoms with van der Waals surface area (Å²) in [6.07, 6.45) is 3.35. The number of carboxylic acids is 1. The number of carbonyl (C=O) groups is 1. The monoisotopic (exact) mass is 263 g/mol. The minimum absolute atomic E-state index is 0.0618. The van der Waals surface area contributed by atoms with Crippen LogP contribution in [-0.2, 0) is 11.3 Å². The topological polar surface area (TPSA) is 49.3 Å². The zero-order chi connectivity index (χ0) is 14.1. The maximum Gasteiger partial charge on any atom is 0.304 e. The lowest BCUT2D eigenvalue weighted by molar-refractivity contribution is -0.137. The lowest BCUT2D eigenvalue weighted by Gasteiger charge is -2.19. The number of hydrogen-bond donors (Lipinski definition) is 2. The van der Waals surface area contributed by atoms with Crippen LogP contribution in [0.4, 0.5) is 0 Å². The Morgan fingerprint density at radius 3 is 2.53 bits per heavy atom. The van der Waals surface area contributed by atoms with Crippen molar-refractivity contribution in [2.75, 3.05) is 0 Å². The summed E-state index contributed by atoms with van der Waals surface area (Å²) >= 11 is 0. The third-order valence-corrected chi connectivity index (χ3v) is 3.56. The predicted octanol–water partition coefficient (Wildman–Crippen LogP) is 3.45. The van der Waals surface area contributed by atoms with Crippen molar-refractivity contribution in [3.63, 3.8) is 0 Å². The summed E-state index contributed by atoms with van der Waals surface area (Å²) in [5, 5.41) is 12.3. The van der Waals surface area contributed by atoms with Gasteiger partial charge in [-0.05, 0) is 24.3 Å². The van der Waals surface area contributed by atoms with Crippen LogP contribution in [0, 0.1) is 5.92 Å². The molecule has 0 saturated carbocycles. The van der Waals surface area contributed by atoms with Crippen LogP contribution in [0.25, 0.3) is 0 Å². The first-order valence-corrected chi connectivity index (χ1v) is 7.11. The van der Waals surface area contributed by atoms with E-state index in [1.165, 1.54) is 5.56 Å². The van der Waals surface area contributed by atoms with Crippen molar-refractivity contribution in [2.24, 2.45) is 5.92 Å². The standard InChI is InChI=1S/C16H25NO2/c1-3-13(2)9-10-15(11-16(18)19)17-12-14-7-5-4-6-8-14/h4-8,13,15,17H,3,9-12H2,1-2H3,(H,18,19). The first kappa shape index (κ1) is 15.7. The Kier molecular flexibility index (Phi) is 7.19. The molecule has 1 rings (SSSR count). The smallest absolute Gasteiger partial charge is 0.304 e. The summed E-state index contributed by atoms with van der Waals surface area (Å²) in [5.41, 5.74) is 1.20. The van der Waals surface area contributed by atoms with Gasteiger partial charge in [0.15, 0.2) is 0 Å². The van der Waals surface area contributed by atoms with Gasteiger partial charge in [0.1, 0.15) is 0 Å². The van der Waals surface area contributed by atoms with Crippen molar-refractivity contribution in [3.8, 4) is 0 Å². The second-order valence-electron chi connectivity index (χ2n) is 5.25. The maximum atomic E-state index is 10.9. The normalized spacial score (nSPS) is 14.0. The van der Waals surface area contributed by atoms with Crippen molar-refractivity contribution in [1.29, 1.82) is 0 Å². The summed E-state index contributed by atoms with van der Waals surface area (Å²) in [7, 11) is 0. The molecule has 2 atom stereocenters. The second kappa shape index (κ2) is 8.70. The van der Waals surface area contributed by atoms with Gasteiger partial charge in [-0.1, -0.05) is 50.6 Å². The van der Waals surface area contributed by atoms with Crippen molar-refractivity contribution in [3.05, 3.63) is 35.9 Å². The Morgan fingerprint density at radius 1 is 1.26 bits per heavy atom. The van der Waals surface area contributed by atoms with Crippen LogP contribution >= 0.6 is 0 Å². The van der Waals surface area contributed by atoms with Crippen LogP contribution in [-0.4, -0.2) is 17.1 Å². The predicted molar refractivity (Wildman–Crippen MR) is 78.0 cm³/mol. The number of rotatable bonds is 9. The molecule has 0 aliphatic carbocycles. The fourth-order valence-corrected chi connectivity index (χ4v) is 2.03. The molecule has 0 bridgehead atoms. The Balaban J connectivity index is 2.42. The molecule has 0 fully saturated rings. The highest BCUT2D eigenvalue weighted by Gasteiger charge is 2.13. The second-order valence-corrected chi connectivity index (χ2v) is 5.25. The van der Waals surface area contributed by atoms with Crippen LogP contribution < -0.4 is 5.32 Å². The molecule has 0 amide bonds. The molecule has 1 aromatic rings. The van der Waals surface area contributed by atoms with Gasteiger partial charge in [-0.2, -0.15) is 0 Å². The molecule has 0 heterocycles. The zero-order valence-electron chi connectivity index (χ0n) is 11.9. The van der Waals surface area contributed by atoms with Crippen LogP contribution in [0.15, 0.2) is 30.3 Å². The Hall–Kier alpha value is -1.35. The van der Waals surface area contributed by atoms with Gasteiger partial charge < -0.3 is 10.4 Å². The third kappa shape index (κ3) is 6.97. The molecule has 3 heteroatoms. The van der Waals surface area contributed by atoms with E-state index >= 15 is 0 Å². The maximum absolute atomic E-state index is 10.9. The first-order chi connectivity index (χ1) is 9.11. The van der Waals surface area contributed by atoms with E-state index in [1.54, 1.807) is 0 Å². The highest BCUT2D eigenvalue weighted by molar-refractivity contribution is 5.67. The molecule has 0 aromatic heterocycles. The minimum atomic E-state index is -0.727. The van der Waals surface area contributed by atoms with Gasteiger partial charge in [-0.3, -0.25) is 4.79 Å². The van der Waals surface area contributed by atoms with Crippen molar-refractivity contribution >= 4 is 5.97 Å². The SMILES string of the molecule is CCC(C)CCC(CC(=O)O)NCc1ccccc1. The van der Waals surface area contributed by atoms with E-state index in [9.17, 15) is 4.79 Å². The molecule has 0 aliphatic heterocycles. The fraction of sp³-hybridized carbons (Fsp3) is 0.562. The van der Waals surface area contributed by atoms with Gasteiger partial charge in [0.25, 0.3) is 0 Å². The molecular formula is C16H25NO2. The van der Waals surface area contributed by atoms with Crippen LogP contribution in [0.1, 0.15) is 45.1 Å². The van der Waals surface area contributed by atoms with Crippen LogP contribution in [0.5, 0.6) is 0 Å². The quantitative estimate of drug-likeness (QED) is 0.717. The number of nitrogens with one attached hydrogen (secondary N) is 1. The average molecular weight is 263 g/mol. The lowest BCUT2D eigenvalue weighted by atomic mass is 9.98. The summed E-state index contributed by atoms with van der Waals surface area (Å²) in [5.74, 6) is -0.0652. The van der Waals surface area contributed by atoms with Crippen LogP contribution in [0.3, 0.4) is 0 Å². The molecule has 1 aromatic carbocycles. The summed E-state index contributed by atoms with van der Waals surface area (Å²) in [4.78, 5) is 10.9. The lowest BCUT2D eigenvalue weighted by Crippen LogP contribution is -2.31. The highest BCUT2D eigenvalue weighted by atomic mass is 16.4. The van der Waals surface area contributed by atoms with E-state index in [0.717, 1.165) is 25.8 Å². The fourth-order valence-electron chi connectivity index (χ4n) is 2.03. The minimum Gasteiger partial charge on any atom is -0.481 e. The Bertz CT molecular complexity index is 364. The molecule has 19 heavy (non-hydrogen) atoms. The molecule has 2 N–H and O–H groups in total. The van der Waals surface area contributed by atoms with Gasteiger partial charge in [-0.25, -0.2) is 0 Å². The summed E-state index contributed by atoms with van der Waals surface area (Å²) in [6, 6.07) is 10.2. The van der Waals surface area contributed by atoms with E-state index in [2.05, 4.69) is 31.3 Å². The van der Waals surface area contributed by atoms with Gasteiger partial charge in [0, 0.05) is 12.6 Å². The highest BCUT2D eigenvalue weighted by Crippen LogP contribution is 2.13. The molecule has 3 nitrogen and oxygen atoms in total. The number of aliphatic carboxylic acids is 1. The van der Waals surface area contributed by atoms with Gasteiger partial charge in [0.05, 0.1) is 6.42 Å². The number of carboxylic acid groups (broad SMARTS) is 1. The number of benzene rings is 1. The first-order valence-electron chi connectivity index (χ1n) is 7.11. The summed E-state index contributed by atoms with van der Waals surface area (Å²) in [6.45, 7) is 5.13. The zero-order valence-corrected chi connectivity index (χ0v) is 11.9. The van der Waals surface area contributed by atoms with Gasteiger partial charge >= 0.3 is 5.97 Å². The molecular weight excluding hydrogens is 238 g/mol.